The lowest BCUT2D eigenvalue weighted by Crippen LogP contribution is -2.43. The van der Waals surface area contributed by atoms with Crippen LogP contribution in [0.3, 0.4) is 0 Å². The summed E-state index contributed by atoms with van der Waals surface area (Å²) in [6.45, 7) is 0. The number of ether oxygens (including phenoxy) is 1. The summed E-state index contributed by atoms with van der Waals surface area (Å²) in [7, 11) is 0. The fourth-order valence-corrected chi connectivity index (χ4v) is 4.90. The second-order valence-electron chi connectivity index (χ2n) is 8.77. The molecule has 0 saturated heterocycles. The summed E-state index contributed by atoms with van der Waals surface area (Å²) in [5, 5.41) is 19.3. The molecular formula is C22H26F2N4O4. The minimum absolute atomic E-state index is 0.116. The Kier molecular flexibility index (Phi) is 6.40. The number of aliphatic hydroxyl groups excluding tert-OH is 1. The summed E-state index contributed by atoms with van der Waals surface area (Å²) in [6, 6.07) is 4.72. The summed E-state index contributed by atoms with van der Waals surface area (Å²) in [6.07, 6.45) is 2.05. The van der Waals surface area contributed by atoms with Gasteiger partial charge in [0.15, 0.2) is 5.82 Å². The molecule has 0 spiro atoms. The predicted molar refractivity (Wildman–Crippen MR) is 111 cm³/mol. The van der Waals surface area contributed by atoms with E-state index in [1.165, 1.54) is 0 Å². The average molecular weight is 448 g/mol. The molecule has 0 radical (unpaired) electrons. The highest BCUT2D eigenvalue weighted by atomic mass is 19.1. The van der Waals surface area contributed by atoms with Crippen molar-refractivity contribution in [2.24, 2.45) is 17.6 Å². The Bertz CT molecular complexity index is 972. The molecule has 2 saturated carbocycles. The van der Waals surface area contributed by atoms with Gasteiger partial charge in [-0.3, -0.25) is 9.89 Å². The van der Waals surface area contributed by atoms with Gasteiger partial charge in [0.25, 0.3) is 0 Å². The molecule has 2 aliphatic carbocycles. The molecule has 10 heteroatoms. The molecule has 4 rings (SSSR count). The maximum Gasteiger partial charge on any atom is 0.404 e. The summed E-state index contributed by atoms with van der Waals surface area (Å²) < 4.78 is 32.0. The number of amides is 2. The van der Waals surface area contributed by atoms with Gasteiger partial charge in [-0.1, -0.05) is 0 Å². The molecule has 1 unspecified atom stereocenters. The van der Waals surface area contributed by atoms with E-state index in [4.69, 9.17) is 10.5 Å². The van der Waals surface area contributed by atoms with E-state index in [0.29, 0.717) is 18.7 Å². The highest BCUT2D eigenvalue weighted by Crippen LogP contribution is 2.45. The maximum atomic E-state index is 13.3. The number of benzene rings is 1. The Morgan fingerprint density at radius 3 is 2.53 bits per heavy atom. The Morgan fingerprint density at radius 2 is 1.88 bits per heavy atom. The number of aromatic amines is 1. The molecule has 0 aliphatic heterocycles. The fourth-order valence-electron chi connectivity index (χ4n) is 4.90. The van der Waals surface area contributed by atoms with Crippen molar-refractivity contribution in [3.8, 4) is 0 Å². The molecule has 2 aromatic rings. The number of hydrogen-bond acceptors (Lipinski definition) is 5. The van der Waals surface area contributed by atoms with Crippen molar-refractivity contribution >= 4 is 17.8 Å². The number of rotatable bonds is 7. The second kappa shape index (κ2) is 9.23. The highest BCUT2D eigenvalue weighted by Gasteiger charge is 2.43. The van der Waals surface area contributed by atoms with Crippen LogP contribution in [0.5, 0.6) is 0 Å². The van der Waals surface area contributed by atoms with E-state index in [1.54, 1.807) is 6.07 Å². The minimum atomic E-state index is -0.801. The Labute approximate surface area is 183 Å². The largest absolute Gasteiger partial charge is 0.446 e. The third kappa shape index (κ3) is 5.24. The number of aromatic nitrogens is 2. The number of anilines is 1. The van der Waals surface area contributed by atoms with Crippen molar-refractivity contribution in [3.05, 3.63) is 47.2 Å². The van der Waals surface area contributed by atoms with Crippen molar-refractivity contribution in [2.45, 2.75) is 56.7 Å². The molecule has 0 bridgehead atoms. The van der Waals surface area contributed by atoms with E-state index in [0.717, 1.165) is 43.2 Å². The molecular weight excluding hydrogens is 422 g/mol. The Hall–Kier alpha value is -3.01. The van der Waals surface area contributed by atoms with Gasteiger partial charge in [0.2, 0.25) is 5.91 Å². The average Bonchev–Trinajstić information content (AvgIpc) is 3.32. The first-order valence-corrected chi connectivity index (χ1v) is 10.7. The fraction of sp³-hybridized carbons (Fsp3) is 0.500. The molecule has 5 N–H and O–H groups in total. The number of hydrogen-bond donors (Lipinski definition) is 4. The van der Waals surface area contributed by atoms with Crippen molar-refractivity contribution in [1.82, 2.24) is 10.2 Å². The number of aliphatic hydroxyl groups is 1. The lowest BCUT2D eigenvalue weighted by atomic mass is 9.74. The molecule has 1 aromatic carbocycles. The topological polar surface area (TPSA) is 130 Å². The molecule has 2 fully saturated rings. The number of halogens is 2. The van der Waals surface area contributed by atoms with Crippen LogP contribution in [0.1, 0.15) is 49.3 Å². The smallest absolute Gasteiger partial charge is 0.404 e. The van der Waals surface area contributed by atoms with Gasteiger partial charge in [-0.05, 0) is 55.7 Å². The van der Waals surface area contributed by atoms with Crippen molar-refractivity contribution < 1.29 is 28.2 Å². The molecule has 2 amide bonds. The molecule has 1 aromatic heterocycles. The number of nitrogens with zero attached hydrogens (tertiary/aromatic N) is 1. The molecule has 8 nitrogen and oxygen atoms in total. The first-order valence-electron chi connectivity index (χ1n) is 10.7. The number of H-pyrrole nitrogens is 1. The van der Waals surface area contributed by atoms with Crippen LogP contribution in [-0.4, -0.2) is 39.5 Å². The van der Waals surface area contributed by atoms with Gasteiger partial charge < -0.3 is 20.9 Å². The van der Waals surface area contributed by atoms with Crippen LogP contribution in [-0.2, 0) is 16.0 Å². The minimum Gasteiger partial charge on any atom is -0.446 e. The standard InChI is InChI=1S/C22H26F2N4O4/c23-15-3-11(4-16(24)9-15)5-20(30)26-19-10-18(27-28-19)12-1-2-13(6-12)21(32-22(25)31)14-7-17(29)8-14/h3-4,9-10,12-14,17,21,29H,1-2,5-8H2,(H2,25,31)(H2,26,27,28,30)/t12-,13+,14-,17+,21?/m1/s1. The quantitative estimate of drug-likeness (QED) is 0.517. The van der Waals surface area contributed by atoms with Gasteiger partial charge in [-0.2, -0.15) is 5.10 Å². The summed E-state index contributed by atoms with van der Waals surface area (Å²) in [5.41, 5.74) is 6.34. The summed E-state index contributed by atoms with van der Waals surface area (Å²) in [5.74, 6) is -1.17. The van der Waals surface area contributed by atoms with Gasteiger partial charge >= 0.3 is 6.09 Å². The lowest BCUT2D eigenvalue weighted by Gasteiger charge is -2.39. The molecule has 3 atom stereocenters. The Balaban J connectivity index is 1.34. The van der Waals surface area contributed by atoms with E-state index in [-0.39, 0.29) is 41.9 Å². The van der Waals surface area contributed by atoms with E-state index >= 15 is 0 Å². The highest BCUT2D eigenvalue weighted by molar-refractivity contribution is 5.91. The number of carbonyl (C=O) groups is 2. The zero-order valence-electron chi connectivity index (χ0n) is 17.4. The van der Waals surface area contributed by atoms with Crippen LogP contribution >= 0.6 is 0 Å². The normalized spacial score (nSPS) is 25.7. The van der Waals surface area contributed by atoms with E-state index in [2.05, 4.69) is 15.5 Å². The van der Waals surface area contributed by atoms with Gasteiger partial charge in [-0.15, -0.1) is 0 Å². The first kappa shape index (κ1) is 22.2. The Morgan fingerprint density at radius 1 is 1.16 bits per heavy atom. The number of carbonyl (C=O) groups excluding carboxylic acids is 2. The monoisotopic (exact) mass is 448 g/mol. The van der Waals surface area contributed by atoms with Gasteiger partial charge in [0.05, 0.1) is 12.5 Å². The van der Waals surface area contributed by atoms with Crippen LogP contribution in [0.2, 0.25) is 0 Å². The van der Waals surface area contributed by atoms with Crippen molar-refractivity contribution in [3.63, 3.8) is 0 Å². The number of primary amides is 1. The van der Waals surface area contributed by atoms with Crippen LogP contribution in [0.15, 0.2) is 24.3 Å². The van der Waals surface area contributed by atoms with Crippen LogP contribution in [0, 0.1) is 23.5 Å². The van der Waals surface area contributed by atoms with Crippen molar-refractivity contribution in [2.75, 3.05) is 5.32 Å². The zero-order valence-corrected chi connectivity index (χ0v) is 17.4. The second-order valence-corrected chi connectivity index (χ2v) is 8.77. The van der Waals surface area contributed by atoms with E-state index < -0.39 is 23.6 Å². The third-order valence-electron chi connectivity index (χ3n) is 6.40. The van der Waals surface area contributed by atoms with Crippen LogP contribution < -0.4 is 11.1 Å². The zero-order chi connectivity index (χ0) is 22.8. The molecule has 1 heterocycles. The van der Waals surface area contributed by atoms with Crippen LogP contribution in [0.25, 0.3) is 0 Å². The van der Waals surface area contributed by atoms with Gasteiger partial charge in [0.1, 0.15) is 17.7 Å². The maximum absolute atomic E-state index is 13.3. The number of nitrogens with one attached hydrogen (secondary N) is 2. The third-order valence-corrected chi connectivity index (χ3v) is 6.40. The van der Waals surface area contributed by atoms with Crippen molar-refractivity contribution in [1.29, 1.82) is 0 Å². The lowest BCUT2D eigenvalue weighted by molar-refractivity contribution is -0.115. The number of nitrogens with two attached hydrogens (primary N) is 1. The van der Waals surface area contributed by atoms with Crippen LogP contribution in [0.4, 0.5) is 19.4 Å². The van der Waals surface area contributed by atoms with Gasteiger partial charge in [-0.25, -0.2) is 13.6 Å². The van der Waals surface area contributed by atoms with E-state index in [1.807, 2.05) is 0 Å². The summed E-state index contributed by atoms with van der Waals surface area (Å²) >= 11 is 0. The molecule has 172 valence electrons. The molecule has 32 heavy (non-hydrogen) atoms. The predicted octanol–water partition coefficient (Wildman–Crippen LogP) is 2.99. The SMILES string of the molecule is NC(=O)OC([C@H]1CC[C@@H](c2cc(NC(=O)Cc3cc(F)cc(F)c3)n[nH]2)C1)[C@H]1C[C@@H](O)C1. The van der Waals surface area contributed by atoms with Gasteiger partial charge in [0, 0.05) is 29.7 Å². The first-order chi connectivity index (χ1) is 15.3. The summed E-state index contributed by atoms with van der Waals surface area (Å²) in [4.78, 5) is 23.6. The molecule has 2 aliphatic rings. The van der Waals surface area contributed by atoms with E-state index in [9.17, 15) is 23.5 Å².